The van der Waals surface area contributed by atoms with E-state index in [-0.39, 0.29) is 24.9 Å². The number of anilines is 1. The average molecular weight is 406 g/mol. The highest BCUT2D eigenvalue weighted by Crippen LogP contribution is 2.24. The van der Waals surface area contributed by atoms with E-state index in [1.54, 1.807) is 41.3 Å². The van der Waals surface area contributed by atoms with Crippen molar-refractivity contribution in [2.75, 3.05) is 30.3 Å². The number of likely N-dealkylation sites (tertiary alicyclic amines) is 1. The van der Waals surface area contributed by atoms with Crippen LogP contribution < -0.4 is 9.04 Å². The zero-order chi connectivity index (χ0) is 20.1. The van der Waals surface area contributed by atoms with Crippen LogP contribution in [0.3, 0.4) is 0 Å². The van der Waals surface area contributed by atoms with Crippen molar-refractivity contribution in [3.8, 4) is 5.75 Å². The van der Waals surface area contributed by atoms with Crippen LogP contribution in [-0.2, 0) is 21.4 Å². The largest absolute Gasteiger partial charge is 0.484 e. The third-order valence-electron chi connectivity index (χ3n) is 4.59. The van der Waals surface area contributed by atoms with Crippen LogP contribution in [0, 0.1) is 5.82 Å². The first-order valence-electron chi connectivity index (χ1n) is 9.06. The maximum Gasteiger partial charge on any atom is 0.260 e. The minimum Gasteiger partial charge on any atom is -0.484 e. The lowest BCUT2D eigenvalue weighted by Crippen LogP contribution is -2.32. The molecule has 1 aliphatic heterocycles. The third kappa shape index (κ3) is 5.22. The molecule has 0 atom stereocenters. The Balaban J connectivity index is 1.67. The van der Waals surface area contributed by atoms with Crippen molar-refractivity contribution >= 4 is 21.6 Å². The first-order chi connectivity index (χ1) is 13.3. The van der Waals surface area contributed by atoms with Gasteiger partial charge in [0.05, 0.1) is 18.5 Å². The first-order valence-corrected chi connectivity index (χ1v) is 10.9. The molecule has 0 aromatic heterocycles. The number of sulfonamides is 1. The number of hydrogen-bond acceptors (Lipinski definition) is 4. The molecule has 3 rings (SSSR count). The summed E-state index contributed by atoms with van der Waals surface area (Å²) in [5.74, 6) is 0.0711. The Morgan fingerprint density at radius 2 is 1.68 bits per heavy atom. The number of nitrogens with zero attached hydrogens (tertiary/aromatic N) is 2. The van der Waals surface area contributed by atoms with Gasteiger partial charge in [0.1, 0.15) is 11.6 Å². The number of carbonyl (C=O) groups is 1. The maximum atomic E-state index is 13.1. The van der Waals surface area contributed by atoms with Gasteiger partial charge >= 0.3 is 0 Å². The molecule has 0 spiro atoms. The zero-order valence-electron chi connectivity index (χ0n) is 15.7. The quantitative estimate of drug-likeness (QED) is 0.709. The molecule has 2 aromatic carbocycles. The van der Waals surface area contributed by atoms with E-state index in [4.69, 9.17) is 4.74 Å². The standard InChI is InChI=1S/C20H23FN2O4S/c1-28(25,26)23(14-16-4-6-17(21)7-5-16)18-8-10-19(11-9-18)27-15-20(24)22-12-2-3-13-22/h4-11H,2-3,12-15H2,1H3. The molecule has 6 nitrogen and oxygen atoms in total. The zero-order valence-corrected chi connectivity index (χ0v) is 16.5. The number of rotatable bonds is 7. The molecule has 28 heavy (non-hydrogen) atoms. The van der Waals surface area contributed by atoms with Crippen molar-refractivity contribution in [3.05, 3.63) is 59.9 Å². The van der Waals surface area contributed by atoms with Crippen molar-refractivity contribution in [1.29, 1.82) is 0 Å². The summed E-state index contributed by atoms with van der Waals surface area (Å²) < 4.78 is 44.3. The third-order valence-corrected chi connectivity index (χ3v) is 5.73. The maximum absolute atomic E-state index is 13.1. The molecular weight excluding hydrogens is 383 g/mol. The lowest BCUT2D eigenvalue weighted by Gasteiger charge is -2.23. The lowest BCUT2D eigenvalue weighted by atomic mass is 10.2. The topological polar surface area (TPSA) is 66.9 Å². The molecule has 150 valence electrons. The van der Waals surface area contributed by atoms with Crippen molar-refractivity contribution in [3.63, 3.8) is 0 Å². The van der Waals surface area contributed by atoms with Gasteiger partial charge in [-0.15, -0.1) is 0 Å². The van der Waals surface area contributed by atoms with E-state index in [9.17, 15) is 17.6 Å². The summed E-state index contributed by atoms with van der Waals surface area (Å²) in [7, 11) is -3.54. The average Bonchev–Trinajstić information content (AvgIpc) is 3.20. The van der Waals surface area contributed by atoms with Gasteiger partial charge in [-0.2, -0.15) is 0 Å². The van der Waals surface area contributed by atoms with E-state index in [1.165, 1.54) is 16.4 Å². The summed E-state index contributed by atoms with van der Waals surface area (Å²) in [5, 5.41) is 0. The highest BCUT2D eigenvalue weighted by atomic mass is 32.2. The van der Waals surface area contributed by atoms with Gasteiger partial charge in [0.25, 0.3) is 5.91 Å². The van der Waals surface area contributed by atoms with Crippen LogP contribution in [0.25, 0.3) is 0 Å². The molecule has 0 N–H and O–H groups in total. The van der Waals surface area contributed by atoms with Crippen molar-refractivity contribution in [2.45, 2.75) is 19.4 Å². The van der Waals surface area contributed by atoms with Crippen LogP contribution >= 0.6 is 0 Å². The SMILES string of the molecule is CS(=O)(=O)N(Cc1ccc(F)cc1)c1ccc(OCC(=O)N2CCCC2)cc1. The number of amides is 1. The molecule has 8 heteroatoms. The van der Waals surface area contributed by atoms with Gasteiger partial charge in [-0.3, -0.25) is 9.10 Å². The van der Waals surface area contributed by atoms with Crippen LogP contribution in [0.15, 0.2) is 48.5 Å². The molecule has 1 saturated heterocycles. The summed E-state index contributed by atoms with van der Waals surface area (Å²) in [6, 6.07) is 12.2. The Morgan fingerprint density at radius 3 is 2.25 bits per heavy atom. The Bertz CT molecular complexity index is 908. The minimum atomic E-state index is -3.54. The second-order valence-electron chi connectivity index (χ2n) is 6.77. The van der Waals surface area contributed by atoms with E-state index >= 15 is 0 Å². The number of halogens is 1. The van der Waals surface area contributed by atoms with Crippen LogP contribution in [0.2, 0.25) is 0 Å². The predicted molar refractivity (Wildman–Crippen MR) is 105 cm³/mol. The summed E-state index contributed by atoms with van der Waals surface area (Å²) in [4.78, 5) is 13.8. The second-order valence-corrected chi connectivity index (χ2v) is 8.67. The predicted octanol–water partition coefficient (Wildman–Crippen LogP) is 2.79. The molecule has 0 aliphatic carbocycles. The van der Waals surface area contributed by atoms with Crippen molar-refractivity contribution in [2.24, 2.45) is 0 Å². The van der Waals surface area contributed by atoms with Gasteiger partial charge in [0, 0.05) is 13.1 Å². The number of carbonyl (C=O) groups excluding carboxylic acids is 1. The van der Waals surface area contributed by atoms with Crippen molar-refractivity contribution in [1.82, 2.24) is 4.90 Å². The smallest absolute Gasteiger partial charge is 0.260 e. The second kappa shape index (κ2) is 8.60. The molecule has 1 aliphatic rings. The van der Waals surface area contributed by atoms with Crippen LogP contribution in [0.1, 0.15) is 18.4 Å². The van der Waals surface area contributed by atoms with E-state index in [0.717, 1.165) is 32.2 Å². The fourth-order valence-corrected chi connectivity index (χ4v) is 3.96. The Labute approximate surface area is 164 Å². The van der Waals surface area contributed by atoms with Crippen LogP contribution in [0.4, 0.5) is 10.1 Å². The Kier molecular flexibility index (Phi) is 6.18. The highest BCUT2D eigenvalue weighted by molar-refractivity contribution is 7.92. The molecule has 0 saturated carbocycles. The summed E-state index contributed by atoms with van der Waals surface area (Å²) in [5.41, 5.74) is 1.13. The van der Waals surface area contributed by atoms with E-state index in [2.05, 4.69) is 0 Å². The fraction of sp³-hybridized carbons (Fsp3) is 0.350. The molecular formula is C20H23FN2O4S. The van der Waals surface area contributed by atoms with Crippen molar-refractivity contribution < 1.29 is 22.3 Å². The van der Waals surface area contributed by atoms with Gasteiger partial charge in [0.2, 0.25) is 10.0 Å². The molecule has 1 amide bonds. The molecule has 1 heterocycles. The minimum absolute atomic E-state index is 0.0370. The van der Waals surface area contributed by atoms with Gasteiger partial charge in [-0.1, -0.05) is 12.1 Å². The van der Waals surface area contributed by atoms with Gasteiger partial charge in [0.15, 0.2) is 6.61 Å². The molecule has 0 bridgehead atoms. The molecule has 0 unspecified atom stereocenters. The Morgan fingerprint density at radius 1 is 1.07 bits per heavy atom. The molecule has 2 aromatic rings. The van der Waals surface area contributed by atoms with E-state index in [0.29, 0.717) is 17.0 Å². The monoisotopic (exact) mass is 406 g/mol. The lowest BCUT2D eigenvalue weighted by molar-refractivity contribution is -0.132. The van der Waals surface area contributed by atoms with Crippen LogP contribution in [0.5, 0.6) is 5.75 Å². The fourth-order valence-electron chi connectivity index (χ4n) is 3.07. The summed E-state index contributed by atoms with van der Waals surface area (Å²) in [6.07, 6.45) is 3.17. The molecule has 1 fully saturated rings. The first kappa shape index (κ1) is 20.1. The van der Waals surface area contributed by atoms with Gasteiger partial charge in [-0.05, 0) is 54.8 Å². The van der Waals surface area contributed by atoms with Gasteiger partial charge < -0.3 is 9.64 Å². The Hall–Kier alpha value is -2.61. The summed E-state index contributed by atoms with van der Waals surface area (Å²) in [6.45, 7) is 1.60. The summed E-state index contributed by atoms with van der Waals surface area (Å²) >= 11 is 0. The normalized spacial score (nSPS) is 14.1. The molecule has 0 radical (unpaired) electrons. The number of hydrogen-bond donors (Lipinski definition) is 0. The number of ether oxygens (including phenoxy) is 1. The highest BCUT2D eigenvalue weighted by Gasteiger charge is 2.19. The van der Waals surface area contributed by atoms with Crippen LogP contribution in [-0.4, -0.2) is 45.2 Å². The van der Waals surface area contributed by atoms with E-state index < -0.39 is 10.0 Å². The number of benzene rings is 2. The van der Waals surface area contributed by atoms with Gasteiger partial charge in [-0.25, -0.2) is 12.8 Å². The van der Waals surface area contributed by atoms with E-state index in [1.807, 2.05) is 0 Å².